The zero-order chi connectivity index (χ0) is 12.6. The number of nitrogens with two attached hydrogens (primary N) is 1. The van der Waals surface area contributed by atoms with Crippen LogP contribution < -0.4 is 5.73 Å². The summed E-state index contributed by atoms with van der Waals surface area (Å²) in [4.78, 5) is 0. The Morgan fingerprint density at radius 1 is 1.29 bits per heavy atom. The number of halogens is 3. The summed E-state index contributed by atoms with van der Waals surface area (Å²) in [6, 6.07) is 5.79. The third kappa shape index (κ3) is 2.02. The Balaban J connectivity index is 2.69. The molecule has 0 saturated heterocycles. The molecule has 5 heteroatoms. The lowest BCUT2D eigenvalue weighted by molar-refractivity contribution is -0.136. The molecular formula is C12H13F3N2. The molecule has 1 aromatic heterocycles. The molecule has 0 unspecified atom stereocenters. The van der Waals surface area contributed by atoms with Gasteiger partial charge in [-0.25, -0.2) is 0 Å². The Morgan fingerprint density at radius 2 is 2.00 bits per heavy atom. The highest BCUT2D eigenvalue weighted by Gasteiger charge is 2.33. The van der Waals surface area contributed by atoms with E-state index in [-0.39, 0.29) is 5.39 Å². The Labute approximate surface area is 96.8 Å². The summed E-state index contributed by atoms with van der Waals surface area (Å²) < 4.78 is 40.2. The van der Waals surface area contributed by atoms with Gasteiger partial charge in [0.1, 0.15) is 0 Å². The van der Waals surface area contributed by atoms with Gasteiger partial charge in [-0.05, 0) is 31.2 Å². The summed E-state index contributed by atoms with van der Waals surface area (Å²) in [6.07, 6.45) is -3.75. The number of aryl methyl sites for hydroxylation is 1. The van der Waals surface area contributed by atoms with Crippen LogP contribution in [0.2, 0.25) is 0 Å². The van der Waals surface area contributed by atoms with Gasteiger partial charge >= 0.3 is 6.18 Å². The molecule has 0 aliphatic carbocycles. The van der Waals surface area contributed by atoms with Crippen LogP contribution in [-0.4, -0.2) is 11.1 Å². The molecule has 0 fully saturated rings. The summed E-state index contributed by atoms with van der Waals surface area (Å²) in [5.74, 6) is 0. The Bertz CT molecular complexity index is 540. The molecule has 0 atom stereocenters. The molecule has 2 rings (SSSR count). The SMILES string of the molecule is Cn1c(CCN)cc2c(C(F)(F)F)cccc21. The van der Waals surface area contributed by atoms with E-state index < -0.39 is 11.7 Å². The molecule has 0 bridgehead atoms. The van der Waals surface area contributed by atoms with Crippen molar-refractivity contribution in [3.05, 3.63) is 35.5 Å². The Morgan fingerprint density at radius 3 is 2.59 bits per heavy atom. The fraction of sp³-hybridized carbons (Fsp3) is 0.333. The lowest BCUT2D eigenvalue weighted by atomic mass is 10.1. The minimum Gasteiger partial charge on any atom is -0.348 e. The van der Waals surface area contributed by atoms with Crippen LogP contribution in [0.25, 0.3) is 10.9 Å². The van der Waals surface area contributed by atoms with E-state index in [1.807, 2.05) is 0 Å². The minimum atomic E-state index is -4.32. The zero-order valence-electron chi connectivity index (χ0n) is 9.38. The van der Waals surface area contributed by atoms with Gasteiger partial charge in [-0.2, -0.15) is 13.2 Å². The average Bonchev–Trinajstić information content (AvgIpc) is 2.55. The van der Waals surface area contributed by atoms with Crippen molar-refractivity contribution in [3.8, 4) is 0 Å². The van der Waals surface area contributed by atoms with E-state index in [1.165, 1.54) is 6.07 Å². The summed E-state index contributed by atoms with van der Waals surface area (Å²) >= 11 is 0. The van der Waals surface area contributed by atoms with Crippen LogP contribution in [-0.2, 0) is 19.6 Å². The second-order valence-corrected chi connectivity index (χ2v) is 3.97. The van der Waals surface area contributed by atoms with E-state index in [9.17, 15) is 13.2 Å². The number of alkyl halides is 3. The van der Waals surface area contributed by atoms with Gasteiger partial charge in [0.25, 0.3) is 0 Å². The largest absolute Gasteiger partial charge is 0.417 e. The fourth-order valence-corrected chi connectivity index (χ4v) is 2.05. The number of nitrogens with zero attached hydrogens (tertiary/aromatic N) is 1. The van der Waals surface area contributed by atoms with E-state index >= 15 is 0 Å². The van der Waals surface area contributed by atoms with Crippen molar-refractivity contribution in [3.63, 3.8) is 0 Å². The van der Waals surface area contributed by atoms with Gasteiger partial charge in [0.2, 0.25) is 0 Å². The third-order valence-electron chi connectivity index (χ3n) is 2.89. The van der Waals surface area contributed by atoms with Gasteiger partial charge < -0.3 is 10.3 Å². The van der Waals surface area contributed by atoms with Gasteiger partial charge in [0.05, 0.1) is 5.56 Å². The molecular weight excluding hydrogens is 229 g/mol. The van der Waals surface area contributed by atoms with E-state index in [4.69, 9.17) is 5.73 Å². The van der Waals surface area contributed by atoms with Gasteiger partial charge in [-0.3, -0.25) is 0 Å². The first-order chi connectivity index (χ1) is 7.95. The zero-order valence-corrected chi connectivity index (χ0v) is 9.38. The van der Waals surface area contributed by atoms with Gasteiger partial charge in [0, 0.05) is 23.6 Å². The molecule has 0 aliphatic rings. The summed E-state index contributed by atoms with van der Waals surface area (Å²) in [6.45, 7) is 0.422. The topological polar surface area (TPSA) is 30.9 Å². The van der Waals surface area contributed by atoms with Gasteiger partial charge in [-0.1, -0.05) is 6.07 Å². The smallest absolute Gasteiger partial charge is 0.348 e. The number of hydrogen-bond acceptors (Lipinski definition) is 1. The van der Waals surface area contributed by atoms with Crippen LogP contribution in [0.4, 0.5) is 13.2 Å². The number of fused-ring (bicyclic) bond motifs is 1. The van der Waals surface area contributed by atoms with Crippen molar-refractivity contribution >= 4 is 10.9 Å². The van der Waals surface area contributed by atoms with Crippen molar-refractivity contribution in [2.75, 3.05) is 6.54 Å². The first-order valence-corrected chi connectivity index (χ1v) is 5.29. The predicted molar refractivity (Wildman–Crippen MR) is 60.7 cm³/mol. The first-order valence-electron chi connectivity index (χ1n) is 5.29. The van der Waals surface area contributed by atoms with Crippen LogP contribution >= 0.6 is 0 Å². The molecule has 2 aromatic rings. The molecule has 0 radical (unpaired) electrons. The molecule has 0 aliphatic heterocycles. The van der Waals surface area contributed by atoms with Gasteiger partial charge in [-0.15, -0.1) is 0 Å². The summed E-state index contributed by atoms with van der Waals surface area (Å²) in [7, 11) is 1.76. The lowest BCUT2D eigenvalue weighted by Gasteiger charge is -2.08. The molecule has 0 spiro atoms. The number of hydrogen-bond donors (Lipinski definition) is 1. The molecule has 1 heterocycles. The van der Waals surface area contributed by atoms with Crippen molar-refractivity contribution in [2.45, 2.75) is 12.6 Å². The van der Waals surface area contributed by atoms with Crippen LogP contribution in [0.5, 0.6) is 0 Å². The molecule has 92 valence electrons. The first kappa shape index (κ1) is 12.0. The van der Waals surface area contributed by atoms with Crippen LogP contribution in [0.1, 0.15) is 11.3 Å². The average molecular weight is 242 g/mol. The molecule has 0 amide bonds. The minimum absolute atomic E-state index is 0.242. The molecule has 2 N–H and O–H groups in total. The quantitative estimate of drug-likeness (QED) is 0.862. The maximum Gasteiger partial charge on any atom is 0.417 e. The normalized spacial score (nSPS) is 12.3. The van der Waals surface area contributed by atoms with Crippen molar-refractivity contribution in [2.24, 2.45) is 12.8 Å². The summed E-state index contributed by atoms with van der Waals surface area (Å²) in [5, 5.41) is 0.242. The van der Waals surface area contributed by atoms with Crippen molar-refractivity contribution in [1.82, 2.24) is 4.57 Å². The molecule has 1 aromatic carbocycles. The highest BCUT2D eigenvalue weighted by molar-refractivity contribution is 5.85. The fourth-order valence-electron chi connectivity index (χ4n) is 2.05. The highest BCUT2D eigenvalue weighted by atomic mass is 19.4. The number of aromatic nitrogens is 1. The second kappa shape index (κ2) is 4.07. The predicted octanol–water partition coefficient (Wildman–Crippen LogP) is 2.70. The maximum absolute atomic E-state index is 12.8. The summed E-state index contributed by atoms with van der Waals surface area (Å²) in [5.41, 5.74) is 6.26. The Kier molecular flexibility index (Phi) is 2.87. The monoisotopic (exact) mass is 242 g/mol. The van der Waals surface area contributed by atoms with Crippen LogP contribution in [0.15, 0.2) is 24.3 Å². The van der Waals surface area contributed by atoms with Crippen LogP contribution in [0.3, 0.4) is 0 Å². The van der Waals surface area contributed by atoms with E-state index in [0.29, 0.717) is 18.5 Å². The third-order valence-corrected chi connectivity index (χ3v) is 2.89. The van der Waals surface area contributed by atoms with Crippen molar-refractivity contribution in [1.29, 1.82) is 0 Å². The molecule has 17 heavy (non-hydrogen) atoms. The van der Waals surface area contributed by atoms with E-state index in [2.05, 4.69) is 0 Å². The Hall–Kier alpha value is -1.49. The van der Waals surface area contributed by atoms with Crippen molar-refractivity contribution < 1.29 is 13.2 Å². The van der Waals surface area contributed by atoms with E-state index in [0.717, 1.165) is 11.8 Å². The lowest BCUT2D eigenvalue weighted by Crippen LogP contribution is -2.06. The standard InChI is InChI=1S/C12H13F3N2/c1-17-8(5-6-16)7-9-10(12(13,14)15)3-2-4-11(9)17/h2-4,7H,5-6,16H2,1H3. The maximum atomic E-state index is 12.8. The van der Waals surface area contributed by atoms with E-state index in [1.54, 1.807) is 23.7 Å². The van der Waals surface area contributed by atoms with Crippen LogP contribution in [0, 0.1) is 0 Å². The molecule has 2 nitrogen and oxygen atoms in total. The van der Waals surface area contributed by atoms with Gasteiger partial charge in [0.15, 0.2) is 0 Å². The number of rotatable bonds is 2. The highest BCUT2D eigenvalue weighted by Crippen LogP contribution is 2.35. The second-order valence-electron chi connectivity index (χ2n) is 3.97. The molecule has 0 saturated carbocycles. The number of benzene rings is 1.